The van der Waals surface area contributed by atoms with Gasteiger partial charge in [-0.2, -0.15) is 0 Å². The first-order valence-electron chi connectivity index (χ1n) is 8.11. The fraction of sp³-hybridized carbons (Fsp3) is 1.00. The summed E-state index contributed by atoms with van der Waals surface area (Å²) in [6, 6.07) is 0.792. The van der Waals surface area contributed by atoms with Crippen molar-refractivity contribution >= 4 is 0 Å². The molecule has 1 heterocycles. The van der Waals surface area contributed by atoms with Crippen LogP contribution in [0.2, 0.25) is 0 Å². The number of nitrogens with one attached hydrogen (secondary N) is 1. The lowest BCUT2D eigenvalue weighted by molar-refractivity contribution is 0.0146. The Labute approximate surface area is 124 Å². The Bertz CT molecular complexity index is 287. The molecule has 2 aliphatic rings. The average molecular weight is 284 g/mol. The van der Waals surface area contributed by atoms with Gasteiger partial charge in [0.1, 0.15) is 0 Å². The lowest BCUT2D eigenvalue weighted by Crippen LogP contribution is -2.41. The molecule has 1 saturated carbocycles. The van der Waals surface area contributed by atoms with E-state index in [0.29, 0.717) is 12.2 Å². The van der Waals surface area contributed by atoms with E-state index in [1.54, 1.807) is 7.11 Å². The largest absolute Gasteiger partial charge is 0.383 e. The molecule has 0 aromatic heterocycles. The molecule has 118 valence electrons. The fourth-order valence-corrected chi connectivity index (χ4v) is 2.82. The summed E-state index contributed by atoms with van der Waals surface area (Å²) in [6.07, 6.45) is 5.90. The highest BCUT2D eigenvalue weighted by Gasteiger charge is 2.33. The molecular weight excluding hydrogens is 252 g/mol. The number of ether oxygens (including phenoxy) is 2. The fourth-order valence-electron chi connectivity index (χ4n) is 2.82. The van der Waals surface area contributed by atoms with Gasteiger partial charge in [-0.05, 0) is 46.5 Å². The third kappa shape index (κ3) is 5.68. The topological polar surface area (TPSA) is 33.7 Å². The first kappa shape index (κ1) is 16.2. The Morgan fingerprint density at radius 2 is 1.85 bits per heavy atom. The van der Waals surface area contributed by atoms with Crippen molar-refractivity contribution in [3.8, 4) is 0 Å². The van der Waals surface area contributed by atoms with E-state index in [-0.39, 0.29) is 5.54 Å². The zero-order valence-corrected chi connectivity index (χ0v) is 13.7. The lowest BCUT2D eigenvalue weighted by Gasteiger charge is -2.26. The maximum absolute atomic E-state index is 6.20. The van der Waals surface area contributed by atoms with Crippen LogP contribution in [0.1, 0.15) is 46.5 Å². The van der Waals surface area contributed by atoms with Crippen LogP contribution in [0.25, 0.3) is 0 Å². The third-order valence-corrected chi connectivity index (χ3v) is 4.14. The molecule has 0 bridgehead atoms. The molecule has 2 fully saturated rings. The summed E-state index contributed by atoms with van der Waals surface area (Å²) in [5.74, 6) is 0. The van der Waals surface area contributed by atoms with Gasteiger partial charge in [-0.15, -0.1) is 0 Å². The smallest absolute Gasteiger partial charge is 0.0707 e. The van der Waals surface area contributed by atoms with Gasteiger partial charge in [0.05, 0.1) is 18.8 Å². The highest BCUT2D eigenvalue weighted by Crippen LogP contribution is 2.29. The van der Waals surface area contributed by atoms with Gasteiger partial charge in [0.15, 0.2) is 0 Å². The van der Waals surface area contributed by atoms with Crippen molar-refractivity contribution in [3.05, 3.63) is 0 Å². The van der Waals surface area contributed by atoms with Crippen LogP contribution >= 0.6 is 0 Å². The van der Waals surface area contributed by atoms with Crippen molar-refractivity contribution in [2.45, 2.75) is 70.2 Å². The van der Waals surface area contributed by atoms with Crippen molar-refractivity contribution in [1.82, 2.24) is 10.2 Å². The van der Waals surface area contributed by atoms with Gasteiger partial charge < -0.3 is 14.8 Å². The van der Waals surface area contributed by atoms with Gasteiger partial charge in [-0.25, -0.2) is 0 Å². The first-order chi connectivity index (χ1) is 9.48. The molecule has 2 rings (SSSR count). The summed E-state index contributed by atoms with van der Waals surface area (Å²) in [6.45, 7) is 10.6. The first-order valence-corrected chi connectivity index (χ1v) is 8.11. The highest BCUT2D eigenvalue weighted by atomic mass is 16.5. The predicted molar refractivity (Wildman–Crippen MR) is 82.1 cm³/mol. The molecule has 20 heavy (non-hydrogen) atoms. The van der Waals surface area contributed by atoms with E-state index in [1.807, 2.05) is 0 Å². The Kier molecular flexibility index (Phi) is 5.84. The van der Waals surface area contributed by atoms with Gasteiger partial charge in [0.2, 0.25) is 0 Å². The van der Waals surface area contributed by atoms with Crippen LogP contribution in [0.5, 0.6) is 0 Å². The van der Waals surface area contributed by atoms with Gasteiger partial charge in [-0.3, -0.25) is 4.90 Å². The maximum atomic E-state index is 6.20. The van der Waals surface area contributed by atoms with Crippen LogP contribution in [-0.2, 0) is 9.47 Å². The minimum absolute atomic E-state index is 0.181. The van der Waals surface area contributed by atoms with Crippen LogP contribution in [-0.4, -0.2) is 62.0 Å². The van der Waals surface area contributed by atoms with Gasteiger partial charge in [0, 0.05) is 38.3 Å². The molecule has 2 unspecified atom stereocenters. The van der Waals surface area contributed by atoms with Crippen LogP contribution in [0.3, 0.4) is 0 Å². The summed E-state index contributed by atoms with van der Waals surface area (Å²) in [7, 11) is 1.78. The van der Waals surface area contributed by atoms with E-state index in [4.69, 9.17) is 9.47 Å². The second-order valence-electron chi connectivity index (χ2n) is 7.31. The van der Waals surface area contributed by atoms with E-state index in [2.05, 4.69) is 31.0 Å². The van der Waals surface area contributed by atoms with Gasteiger partial charge >= 0.3 is 0 Å². The third-order valence-electron chi connectivity index (χ3n) is 4.14. The van der Waals surface area contributed by atoms with E-state index in [1.165, 1.54) is 25.7 Å². The van der Waals surface area contributed by atoms with Gasteiger partial charge in [-0.1, -0.05) is 0 Å². The molecule has 0 amide bonds. The Balaban J connectivity index is 1.68. The maximum Gasteiger partial charge on any atom is 0.0707 e. The monoisotopic (exact) mass is 284 g/mol. The van der Waals surface area contributed by atoms with Crippen LogP contribution in [0.4, 0.5) is 0 Å². The highest BCUT2D eigenvalue weighted by molar-refractivity contribution is 4.88. The molecule has 0 aromatic rings. The second kappa shape index (κ2) is 7.21. The van der Waals surface area contributed by atoms with Crippen LogP contribution < -0.4 is 5.32 Å². The molecule has 0 aromatic carbocycles. The van der Waals surface area contributed by atoms with Crippen molar-refractivity contribution in [1.29, 1.82) is 0 Å². The zero-order chi connectivity index (χ0) is 14.6. The number of nitrogens with zero attached hydrogens (tertiary/aromatic N) is 1. The Hall–Kier alpha value is -0.160. The minimum atomic E-state index is 0.181. The number of rotatable bonds is 8. The van der Waals surface area contributed by atoms with E-state index in [0.717, 1.165) is 32.3 Å². The molecule has 0 spiro atoms. The number of hydrogen-bond acceptors (Lipinski definition) is 4. The normalized spacial score (nSPS) is 27.4. The molecule has 0 radical (unpaired) electrons. The standard InChI is InChI=1S/C16H32N2O2/c1-16(2,3)17-11-14-7-8-15(20-14)12-18(9-10-19-4)13-5-6-13/h13-15,17H,5-12H2,1-4H3. The summed E-state index contributed by atoms with van der Waals surface area (Å²) in [5, 5.41) is 3.55. The van der Waals surface area contributed by atoms with Crippen molar-refractivity contribution < 1.29 is 9.47 Å². The van der Waals surface area contributed by atoms with E-state index in [9.17, 15) is 0 Å². The summed E-state index contributed by atoms with van der Waals surface area (Å²) < 4.78 is 11.4. The molecule has 4 heteroatoms. The summed E-state index contributed by atoms with van der Waals surface area (Å²) in [4.78, 5) is 2.56. The van der Waals surface area contributed by atoms with E-state index < -0.39 is 0 Å². The number of hydrogen-bond donors (Lipinski definition) is 1. The Morgan fingerprint density at radius 3 is 2.45 bits per heavy atom. The predicted octanol–water partition coefficient (Wildman–Crippen LogP) is 2.03. The van der Waals surface area contributed by atoms with Crippen LogP contribution in [0, 0.1) is 0 Å². The summed E-state index contributed by atoms with van der Waals surface area (Å²) in [5.41, 5.74) is 0.181. The second-order valence-corrected chi connectivity index (χ2v) is 7.31. The number of methoxy groups -OCH3 is 1. The minimum Gasteiger partial charge on any atom is -0.383 e. The van der Waals surface area contributed by atoms with Crippen LogP contribution in [0.15, 0.2) is 0 Å². The zero-order valence-electron chi connectivity index (χ0n) is 13.7. The molecule has 1 saturated heterocycles. The SMILES string of the molecule is COCCN(CC1CCC(CNC(C)(C)C)O1)C1CC1. The average Bonchev–Trinajstić information content (AvgIpc) is 3.12. The lowest BCUT2D eigenvalue weighted by atomic mass is 10.1. The quantitative estimate of drug-likeness (QED) is 0.739. The molecule has 2 atom stereocenters. The Morgan fingerprint density at radius 1 is 1.15 bits per heavy atom. The van der Waals surface area contributed by atoms with Gasteiger partial charge in [0.25, 0.3) is 0 Å². The molecule has 1 aliphatic carbocycles. The molecule has 1 N–H and O–H groups in total. The molecular formula is C16H32N2O2. The van der Waals surface area contributed by atoms with Crippen molar-refractivity contribution in [3.63, 3.8) is 0 Å². The summed E-state index contributed by atoms with van der Waals surface area (Å²) >= 11 is 0. The van der Waals surface area contributed by atoms with Crippen molar-refractivity contribution in [2.24, 2.45) is 0 Å². The van der Waals surface area contributed by atoms with Crippen molar-refractivity contribution in [2.75, 3.05) is 33.4 Å². The van der Waals surface area contributed by atoms with E-state index >= 15 is 0 Å². The molecule has 4 nitrogen and oxygen atoms in total. The molecule has 1 aliphatic heterocycles.